The molecule has 1 N–H and O–H groups in total. The number of hydrogen-bond donors (Lipinski definition) is 1. The summed E-state index contributed by atoms with van der Waals surface area (Å²) in [6.45, 7) is 0.965. The van der Waals surface area contributed by atoms with Gasteiger partial charge in [-0.15, -0.1) is 0 Å². The van der Waals surface area contributed by atoms with Gasteiger partial charge in [0.05, 0.1) is 12.7 Å². The first-order valence-electron chi connectivity index (χ1n) is 8.17. The molecule has 1 aromatic heterocycles. The molecule has 4 nitrogen and oxygen atoms in total. The highest BCUT2D eigenvalue weighted by Gasteiger charge is 2.24. The fraction of sp³-hybridized carbons (Fsp3) is 0.500. The van der Waals surface area contributed by atoms with E-state index in [2.05, 4.69) is 16.9 Å². The van der Waals surface area contributed by atoms with Gasteiger partial charge in [0, 0.05) is 18.2 Å². The lowest BCUT2D eigenvalue weighted by Crippen LogP contribution is -2.35. The molecule has 124 valence electrons. The number of aliphatic hydroxyl groups is 1. The van der Waals surface area contributed by atoms with E-state index in [1.807, 2.05) is 0 Å². The van der Waals surface area contributed by atoms with Gasteiger partial charge in [0.2, 0.25) is 5.89 Å². The molecule has 0 amide bonds. The van der Waals surface area contributed by atoms with Crippen LogP contribution < -0.4 is 0 Å². The van der Waals surface area contributed by atoms with Crippen molar-refractivity contribution in [2.24, 2.45) is 5.92 Å². The van der Waals surface area contributed by atoms with Crippen molar-refractivity contribution >= 4 is 0 Å². The van der Waals surface area contributed by atoms with E-state index in [-0.39, 0.29) is 5.82 Å². The molecule has 0 radical (unpaired) electrons. The lowest BCUT2D eigenvalue weighted by Gasteiger charge is -2.33. The second kappa shape index (κ2) is 7.23. The summed E-state index contributed by atoms with van der Waals surface area (Å²) in [7, 11) is 2.09. The van der Waals surface area contributed by atoms with Gasteiger partial charge in [0.1, 0.15) is 5.82 Å². The standard InChI is InChI=1S/C18H23FN2O2/c1-21(16-8-2-13(12-22)3-9-16)11-18-20-10-17(23-18)14-4-6-15(19)7-5-14/h4-7,10,13,16,22H,2-3,8-9,11-12H2,1H3. The van der Waals surface area contributed by atoms with Crippen molar-refractivity contribution in [3.05, 3.63) is 42.2 Å². The van der Waals surface area contributed by atoms with Gasteiger partial charge in [-0.3, -0.25) is 4.90 Å². The smallest absolute Gasteiger partial charge is 0.209 e. The first-order valence-corrected chi connectivity index (χ1v) is 8.17. The molecule has 1 fully saturated rings. The number of benzene rings is 1. The molecular weight excluding hydrogens is 295 g/mol. The number of rotatable bonds is 5. The van der Waals surface area contributed by atoms with E-state index in [0.29, 0.717) is 36.8 Å². The number of hydrogen-bond acceptors (Lipinski definition) is 4. The lowest BCUT2D eigenvalue weighted by molar-refractivity contribution is 0.118. The summed E-state index contributed by atoms with van der Waals surface area (Å²) in [4.78, 5) is 6.61. The molecule has 0 atom stereocenters. The number of aliphatic hydroxyl groups excluding tert-OH is 1. The van der Waals surface area contributed by atoms with Crippen LogP contribution in [0.15, 0.2) is 34.9 Å². The van der Waals surface area contributed by atoms with Crippen LogP contribution in [0.4, 0.5) is 4.39 Å². The Morgan fingerprint density at radius 1 is 1.22 bits per heavy atom. The van der Waals surface area contributed by atoms with Gasteiger partial charge in [0.25, 0.3) is 0 Å². The van der Waals surface area contributed by atoms with Crippen LogP contribution in [0.3, 0.4) is 0 Å². The van der Waals surface area contributed by atoms with Gasteiger partial charge >= 0.3 is 0 Å². The van der Waals surface area contributed by atoms with E-state index in [4.69, 9.17) is 4.42 Å². The molecular formula is C18H23FN2O2. The van der Waals surface area contributed by atoms with Crippen LogP contribution in [0, 0.1) is 11.7 Å². The van der Waals surface area contributed by atoms with Gasteiger partial charge < -0.3 is 9.52 Å². The molecule has 3 rings (SSSR count). The largest absolute Gasteiger partial charge is 0.439 e. The predicted octanol–water partition coefficient (Wildman–Crippen LogP) is 3.46. The molecule has 1 heterocycles. The first-order chi connectivity index (χ1) is 11.2. The van der Waals surface area contributed by atoms with Crippen molar-refractivity contribution < 1.29 is 13.9 Å². The molecule has 0 bridgehead atoms. The monoisotopic (exact) mass is 318 g/mol. The fourth-order valence-corrected chi connectivity index (χ4v) is 3.24. The SMILES string of the molecule is CN(Cc1ncc(-c2ccc(F)cc2)o1)C1CCC(CO)CC1. The highest BCUT2D eigenvalue weighted by molar-refractivity contribution is 5.55. The second-order valence-corrected chi connectivity index (χ2v) is 6.40. The van der Waals surface area contributed by atoms with Crippen LogP contribution in [0.5, 0.6) is 0 Å². The maximum Gasteiger partial charge on any atom is 0.209 e. The van der Waals surface area contributed by atoms with E-state index < -0.39 is 0 Å². The molecule has 0 saturated heterocycles. The topological polar surface area (TPSA) is 49.5 Å². The summed E-state index contributed by atoms with van der Waals surface area (Å²) in [5, 5.41) is 9.22. The summed E-state index contributed by atoms with van der Waals surface area (Å²) in [5.74, 6) is 1.55. The van der Waals surface area contributed by atoms with E-state index >= 15 is 0 Å². The fourth-order valence-electron chi connectivity index (χ4n) is 3.24. The molecule has 23 heavy (non-hydrogen) atoms. The molecule has 1 saturated carbocycles. The number of nitrogens with zero attached hydrogens (tertiary/aromatic N) is 2. The Morgan fingerprint density at radius 3 is 2.57 bits per heavy atom. The van der Waals surface area contributed by atoms with E-state index in [9.17, 15) is 9.50 Å². The van der Waals surface area contributed by atoms with Gasteiger partial charge in [-0.25, -0.2) is 9.37 Å². The molecule has 1 aliphatic rings. The zero-order valence-electron chi connectivity index (χ0n) is 13.4. The molecule has 5 heteroatoms. The second-order valence-electron chi connectivity index (χ2n) is 6.40. The minimum atomic E-state index is -0.258. The van der Waals surface area contributed by atoms with Gasteiger partial charge in [-0.05, 0) is 62.9 Å². The Hall–Kier alpha value is -1.72. The minimum Gasteiger partial charge on any atom is -0.439 e. The number of oxazole rings is 1. The quantitative estimate of drug-likeness (QED) is 0.917. The Labute approximate surface area is 136 Å². The third-order valence-electron chi connectivity index (χ3n) is 4.76. The lowest BCUT2D eigenvalue weighted by atomic mass is 9.86. The zero-order chi connectivity index (χ0) is 16.2. The van der Waals surface area contributed by atoms with Crippen LogP contribution in [0.1, 0.15) is 31.6 Å². The Kier molecular flexibility index (Phi) is 5.08. The summed E-state index contributed by atoms with van der Waals surface area (Å²) in [5.41, 5.74) is 0.830. The average Bonchev–Trinajstić information content (AvgIpc) is 3.04. The maximum absolute atomic E-state index is 13.0. The van der Waals surface area contributed by atoms with Crippen molar-refractivity contribution in [2.45, 2.75) is 38.3 Å². The highest BCUT2D eigenvalue weighted by atomic mass is 19.1. The summed E-state index contributed by atoms with van der Waals surface area (Å²) >= 11 is 0. The van der Waals surface area contributed by atoms with Crippen molar-refractivity contribution in [1.29, 1.82) is 0 Å². The summed E-state index contributed by atoms with van der Waals surface area (Å²) in [6.07, 6.45) is 6.06. The maximum atomic E-state index is 13.0. The van der Waals surface area contributed by atoms with E-state index in [1.54, 1.807) is 18.3 Å². The average molecular weight is 318 g/mol. The molecule has 2 aromatic rings. The van der Waals surface area contributed by atoms with Crippen molar-refractivity contribution in [1.82, 2.24) is 9.88 Å². The van der Waals surface area contributed by atoms with Crippen molar-refractivity contribution in [3.8, 4) is 11.3 Å². The van der Waals surface area contributed by atoms with Crippen LogP contribution in [0.2, 0.25) is 0 Å². The van der Waals surface area contributed by atoms with Crippen molar-refractivity contribution in [3.63, 3.8) is 0 Å². The highest BCUT2D eigenvalue weighted by Crippen LogP contribution is 2.28. The third-order valence-corrected chi connectivity index (χ3v) is 4.76. The van der Waals surface area contributed by atoms with Gasteiger partial charge in [-0.1, -0.05) is 0 Å². The minimum absolute atomic E-state index is 0.258. The van der Waals surface area contributed by atoms with Crippen molar-refractivity contribution in [2.75, 3.05) is 13.7 Å². The Bertz CT molecular complexity index is 618. The van der Waals surface area contributed by atoms with Crippen LogP contribution in [0.25, 0.3) is 11.3 Å². The summed E-state index contributed by atoms with van der Waals surface area (Å²) < 4.78 is 18.8. The molecule has 1 aromatic carbocycles. The van der Waals surface area contributed by atoms with E-state index in [1.165, 1.54) is 12.1 Å². The molecule has 0 spiro atoms. The Balaban J connectivity index is 1.59. The number of halogens is 1. The predicted molar refractivity (Wildman–Crippen MR) is 86.2 cm³/mol. The number of aromatic nitrogens is 1. The molecule has 1 aliphatic carbocycles. The summed E-state index contributed by atoms with van der Waals surface area (Å²) in [6, 6.07) is 6.74. The van der Waals surface area contributed by atoms with Gasteiger partial charge in [0.15, 0.2) is 5.76 Å². The molecule has 0 aliphatic heterocycles. The zero-order valence-corrected chi connectivity index (χ0v) is 13.4. The molecule has 0 unspecified atom stereocenters. The van der Waals surface area contributed by atoms with Crippen LogP contribution >= 0.6 is 0 Å². The first kappa shape index (κ1) is 16.1. The van der Waals surface area contributed by atoms with E-state index in [0.717, 1.165) is 31.2 Å². The van der Waals surface area contributed by atoms with Crippen LogP contribution in [-0.2, 0) is 6.54 Å². The third kappa shape index (κ3) is 3.98. The normalized spacial score (nSPS) is 21.7. The van der Waals surface area contributed by atoms with Crippen LogP contribution in [-0.4, -0.2) is 34.7 Å². The van der Waals surface area contributed by atoms with Gasteiger partial charge in [-0.2, -0.15) is 0 Å². The Morgan fingerprint density at radius 2 is 1.91 bits per heavy atom.